The maximum Gasteiger partial charge on any atom is 0.159 e. The molecule has 0 saturated heterocycles. The average molecular weight is 256 g/mol. The van der Waals surface area contributed by atoms with Crippen LogP contribution in [0.2, 0.25) is 0 Å². The van der Waals surface area contributed by atoms with Gasteiger partial charge in [0.1, 0.15) is 0 Å². The molecule has 1 unspecified atom stereocenters. The summed E-state index contributed by atoms with van der Waals surface area (Å²) in [6, 6.07) is 4.11. The van der Waals surface area contributed by atoms with Gasteiger partial charge in [0.15, 0.2) is 5.82 Å². The molecular weight excluding hydrogens is 236 g/mol. The fourth-order valence-corrected chi connectivity index (χ4v) is 2.00. The summed E-state index contributed by atoms with van der Waals surface area (Å²) >= 11 is 0. The van der Waals surface area contributed by atoms with Gasteiger partial charge in [0.2, 0.25) is 0 Å². The third kappa shape index (κ3) is 3.35. The molecule has 0 saturated carbocycles. The second kappa shape index (κ2) is 5.89. The predicted molar refractivity (Wildman–Crippen MR) is 76.7 cm³/mol. The SMILES string of the molecule is CCC(N)Cc1cc(C)nc(-c2ccncc2C)n1. The van der Waals surface area contributed by atoms with E-state index in [1.807, 2.05) is 32.2 Å². The van der Waals surface area contributed by atoms with Crippen LogP contribution in [0, 0.1) is 13.8 Å². The van der Waals surface area contributed by atoms with E-state index in [9.17, 15) is 0 Å². The summed E-state index contributed by atoms with van der Waals surface area (Å²) in [6.07, 6.45) is 5.34. The van der Waals surface area contributed by atoms with Gasteiger partial charge in [-0.15, -0.1) is 0 Å². The Labute approximate surface area is 114 Å². The van der Waals surface area contributed by atoms with E-state index >= 15 is 0 Å². The van der Waals surface area contributed by atoms with Gasteiger partial charge < -0.3 is 5.73 Å². The van der Waals surface area contributed by atoms with Crippen LogP contribution in [-0.4, -0.2) is 21.0 Å². The Hall–Kier alpha value is -1.81. The Balaban J connectivity index is 2.39. The molecular formula is C15H20N4. The first-order chi connectivity index (χ1) is 9.10. The van der Waals surface area contributed by atoms with Crippen LogP contribution in [0.4, 0.5) is 0 Å². The zero-order valence-electron chi connectivity index (χ0n) is 11.7. The van der Waals surface area contributed by atoms with Crippen LogP contribution < -0.4 is 5.73 Å². The summed E-state index contributed by atoms with van der Waals surface area (Å²) in [6.45, 7) is 6.10. The summed E-state index contributed by atoms with van der Waals surface area (Å²) < 4.78 is 0. The van der Waals surface area contributed by atoms with Gasteiger partial charge in [0.25, 0.3) is 0 Å². The summed E-state index contributed by atoms with van der Waals surface area (Å²) in [7, 11) is 0. The highest BCUT2D eigenvalue weighted by Gasteiger charge is 2.09. The lowest BCUT2D eigenvalue weighted by Gasteiger charge is -2.11. The van der Waals surface area contributed by atoms with Crippen molar-refractivity contribution in [1.82, 2.24) is 15.0 Å². The van der Waals surface area contributed by atoms with Gasteiger partial charge in [-0.2, -0.15) is 0 Å². The van der Waals surface area contributed by atoms with Crippen molar-refractivity contribution in [2.24, 2.45) is 5.73 Å². The molecule has 0 aromatic carbocycles. The summed E-state index contributed by atoms with van der Waals surface area (Å²) in [4.78, 5) is 13.3. The van der Waals surface area contributed by atoms with Crippen molar-refractivity contribution in [3.05, 3.63) is 41.5 Å². The smallest absolute Gasteiger partial charge is 0.159 e. The van der Waals surface area contributed by atoms with Crippen LogP contribution in [0.1, 0.15) is 30.3 Å². The molecule has 2 N–H and O–H groups in total. The third-order valence-corrected chi connectivity index (χ3v) is 3.16. The summed E-state index contributed by atoms with van der Waals surface area (Å²) in [5, 5.41) is 0. The molecule has 4 nitrogen and oxygen atoms in total. The number of hydrogen-bond acceptors (Lipinski definition) is 4. The van der Waals surface area contributed by atoms with Crippen LogP contribution in [0.15, 0.2) is 24.5 Å². The molecule has 0 radical (unpaired) electrons. The Bertz CT molecular complexity index is 566. The molecule has 0 bridgehead atoms. The van der Waals surface area contributed by atoms with Crippen molar-refractivity contribution in [2.75, 3.05) is 0 Å². The van der Waals surface area contributed by atoms with E-state index in [1.54, 1.807) is 6.20 Å². The molecule has 2 aromatic rings. The maximum atomic E-state index is 6.00. The predicted octanol–water partition coefficient (Wildman–Crippen LogP) is 2.44. The number of aryl methyl sites for hydroxylation is 2. The highest BCUT2D eigenvalue weighted by atomic mass is 14.9. The molecule has 2 rings (SSSR count). The summed E-state index contributed by atoms with van der Waals surface area (Å²) in [5.74, 6) is 0.762. The Morgan fingerprint density at radius 2 is 2.05 bits per heavy atom. The second-order valence-corrected chi connectivity index (χ2v) is 4.89. The van der Waals surface area contributed by atoms with Crippen molar-refractivity contribution >= 4 is 0 Å². The topological polar surface area (TPSA) is 64.7 Å². The maximum absolute atomic E-state index is 6.00. The molecule has 19 heavy (non-hydrogen) atoms. The molecule has 100 valence electrons. The molecule has 0 amide bonds. The first kappa shape index (κ1) is 13.6. The van der Waals surface area contributed by atoms with Crippen molar-refractivity contribution < 1.29 is 0 Å². The minimum Gasteiger partial charge on any atom is -0.327 e. The molecule has 0 fully saturated rings. The van der Waals surface area contributed by atoms with Crippen molar-refractivity contribution in [2.45, 2.75) is 39.7 Å². The molecule has 0 aliphatic rings. The Morgan fingerprint density at radius 3 is 2.74 bits per heavy atom. The van der Waals surface area contributed by atoms with Gasteiger partial charge in [-0.05, 0) is 38.0 Å². The molecule has 0 aliphatic heterocycles. The van der Waals surface area contributed by atoms with E-state index < -0.39 is 0 Å². The molecule has 0 spiro atoms. The van der Waals surface area contributed by atoms with Gasteiger partial charge in [-0.25, -0.2) is 9.97 Å². The highest BCUT2D eigenvalue weighted by molar-refractivity contribution is 5.58. The number of rotatable bonds is 4. The molecule has 2 heterocycles. The standard InChI is InChI=1S/C15H20N4/c1-4-12(16)8-13-7-11(3)18-15(19-13)14-5-6-17-9-10(14)2/h5-7,9,12H,4,8,16H2,1-3H3. The lowest BCUT2D eigenvalue weighted by atomic mass is 10.1. The number of nitrogens with zero attached hydrogens (tertiary/aromatic N) is 3. The normalized spacial score (nSPS) is 12.4. The highest BCUT2D eigenvalue weighted by Crippen LogP contribution is 2.19. The number of aromatic nitrogens is 3. The second-order valence-electron chi connectivity index (χ2n) is 4.89. The molecule has 4 heteroatoms. The molecule has 0 aliphatic carbocycles. The number of pyridine rings is 1. The largest absolute Gasteiger partial charge is 0.327 e. The lowest BCUT2D eigenvalue weighted by Crippen LogP contribution is -2.22. The van der Waals surface area contributed by atoms with E-state index in [1.165, 1.54) is 0 Å². The van der Waals surface area contributed by atoms with Gasteiger partial charge in [0, 0.05) is 41.8 Å². The number of nitrogens with two attached hydrogens (primary N) is 1. The molecule has 1 atom stereocenters. The fraction of sp³-hybridized carbons (Fsp3) is 0.400. The van der Waals surface area contributed by atoms with Gasteiger partial charge in [-0.3, -0.25) is 4.98 Å². The quantitative estimate of drug-likeness (QED) is 0.912. The Morgan fingerprint density at radius 1 is 1.26 bits per heavy atom. The fourth-order valence-electron chi connectivity index (χ4n) is 2.00. The van der Waals surface area contributed by atoms with Crippen LogP contribution in [0.3, 0.4) is 0 Å². The molecule has 2 aromatic heterocycles. The van der Waals surface area contributed by atoms with Crippen molar-refractivity contribution in [3.8, 4) is 11.4 Å². The Kier molecular flexibility index (Phi) is 4.22. The zero-order chi connectivity index (χ0) is 13.8. The van der Waals surface area contributed by atoms with Crippen molar-refractivity contribution in [3.63, 3.8) is 0 Å². The van der Waals surface area contributed by atoms with Gasteiger partial charge in [0.05, 0.1) is 0 Å². The third-order valence-electron chi connectivity index (χ3n) is 3.16. The van der Waals surface area contributed by atoms with Gasteiger partial charge in [-0.1, -0.05) is 6.92 Å². The minimum atomic E-state index is 0.153. The van der Waals surface area contributed by atoms with Crippen LogP contribution in [0.5, 0.6) is 0 Å². The number of hydrogen-bond donors (Lipinski definition) is 1. The monoisotopic (exact) mass is 256 g/mol. The van der Waals surface area contributed by atoms with Crippen LogP contribution in [0.25, 0.3) is 11.4 Å². The van der Waals surface area contributed by atoms with E-state index in [4.69, 9.17) is 5.73 Å². The van der Waals surface area contributed by atoms with E-state index in [-0.39, 0.29) is 6.04 Å². The van der Waals surface area contributed by atoms with Crippen LogP contribution >= 0.6 is 0 Å². The summed E-state index contributed by atoms with van der Waals surface area (Å²) in [5.41, 5.74) is 10.1. The average Bonchev–Trinajstić information content (AvgIpc) is 2.38. The van der Waals surface area contributed by atoms with Crippen LogP contribution in [-0.2, 0) is 6.42 Å². The van der Waals surface area contributed by atoms with E-state index in [0.29, 0.717) is 0 Å². The van der Waals surface area contributed by atoms with Gasteiger partial charge >= 0.3 is 0 Å². The first-order valence-electron chi connectivity index (χ1n) is 6.61. The van der Waals surface area contributed by atoms with Crippen molar-refractivity contribution in [1.29, 1.82) is 0 Å². The van der Waals surface area contributed by atoms with E-state index in [0.717, 1.165) is 41.2 Å². The first-order valence-corrected chi connectivity index (χ1v) is 6.61. The minimum absolute atomic E-state index is 0.153. The lowest BCUT2D eigenvalue weighted by molar-refractivity contribution is 0.635. The van der Waals surface area contributed by atoms with E-state index in [2.05, 4.69) is 21.9 Å². The zero-order valence-corrected chi connectivity index (χ0v) is 11.7.